The molecule has 2 atom stereocenters. The van der Waals surface area contributed by atoms with Crippen LogP contribution in [-0.2, 0) is 23.9 Å². The van der Waals surface area contributed by atoms with Crippen LogP contribution >= 0.6 is 0 Å². The second-order valence-electron chi connectivity index (χ2n) is 7.07. The predicted octanol–water partition coefficient (Wildman–Crippen LogP) is 0.353. The molecule has 1 aliphatic heterocycles. The summed E-state index contributed by atoms with van der Waals surface area (Å²) in [7, 11) is 0. The maximum Gasteiger partial charge on any atom is 0.326 e. The summed E-state index contributed by atoms with van der Waals surface area (Å²) >= 11 is 0. The van der Waals surface area contributed by atoms with Gasteiger partial charge in [0.1, 0.15) is 6.54 Å². The minimum atomic E-state index is -0.876. The molecule has 2 aliphatic rings. The molecule has 0 radical (unpaired) electrons. The Hall–Kier alpha value is -2.71. The number of ether oxygens (including phenoxy) is 1. The van der Waals surface area contributed by atoms with Crippen LogP contribution in [0.15, 0.2) is 12.2 Å². The van der Waals surface area contributed by atoms with Gasteiger partial charge in [-0.25, -0.2) is 4.79 Å². The highest BCUT2D eigenvalue weighted by molar-refractivity contribution is 6.07. The number of rotatable bonds is 7. The van der Waals surface area contributed by atoms with Gasteiger partial charge in [0.15, 0.2) is 6.61 Å². The molecule has 27 heavy (non-hydrogen) atoms. The summed E-state index contributed by atoms with van der Waals surface area (Å²) in [5.74, 6) is -2.87. The van der Waals surface area contributed by atoms with Gasteiger partial charge in [0, 0.05) is 6.54 Å². The standard InChI is InChI=1S/C18H25N3O6/c1-11(2)7-8-19-18(26)20-14(22)10-27-15(23)9-21-16(24)12-5-3-4-6-13(12)17(21)25/h3-4,11-13H,5-10H2,1-2H3,(H2,19,20,22,26)/t12-,13-/m1/s1. The third kappa shape index (κ3) is 5.63. The Bertz CT molecular complexity index is 631. The number of nitrogens with zero attached hydrogens (tertiary/aromatic N) is 1. The molecule has 148 valence electrons. The number of amides is 5. The van der Waals surface area contributed by atoms with Crippen molar-refractivity contribution in [3.63, 3.8) is 0 Å². The number of carbonyl (C=O) groups is 5. The summed E-state index contributed by atoms with van der Waals surface area (Å²) in [5.41, 5.74) is 0. The fraction of sp³-hybridized carbons (Fsp3) is 0.611. The maximum absolute atomic E-state index is 12.2. The fourth-order valence-electron chi connectivity index (χ4n) is 3.03. The Morgan fingerprint density at radius 2 is 1.74 bits per heavy atom. The normalized spacial score (nSPS) is 21.2. The number of carbonyl (C=O) groups excluding carboxylic acids is 5. The summed E-state index contributed by atoms with van der Waals surface area (Å²) in [6, 6.07) is -0.668. The Morgan fingerprint density at radius 3 is 2.30 bits per heavy atom. The molecule has 5 amide bonds. The number of fused-ring (bicyclic) bond motifs is 1. The molecule has 9 heteroatoms. The van der Waals surface area contributed by atoms with Gasteiger partial charge >= 0.3 is 12.0 Å². The Labute approximate surface area is 157 Å². The zero-order valence-electron chi connectivity index (χ0n) is 15.5. The summed E-state index contributed by atoms with van der Waals surface area (Å²) in [5, 5.41) is 4.56. The molecule has 0 aromatic heterocycles. The second kappa shape index (κ2) is 9.29. The Balaban J connectivity index is 1.71. The number of hydrogen-bond acceptors (Lipinski definition) is 6. The number of likely N-dealkylation sites (tertiary alicyclic amines) is 1. The highest BCUT2D eigenvalue weighted by Crippen LogP contribution is 2.34. The van der Waals surface area contributed by atoms with Crippen LogP contribution < -0.4 is 10.6 Å². The molecule has 0 aromatic rings. The molecule has 0 spiro atoms. The molecule has 1 aliphatic carbocycles. The van der Waals surface area contributed by atoms with Crippen molar-refractivity contribution < 1.29 is 28.7 Å². The van der Waals surface area contributed by atoms with E-state index in [4.69, 9.17) is 4.74 Å². The first-order chi connectivity index (χ1) is 12.8. The first kappa shape index (κ1) is 20.6. The lowest BCUT2D eigenvalue weighted by Gasteiger charge is -2.14. The van der Waals surface area contributed by atoms with Gasteiger partial charge < -0.3 is 10.1 Å². The molecular formula is C18H25N3O6. The number of hydrogen-bond donors (Lipinski definition) is 2. The van der Waals surface area contributed by atoms with Gasteiger partial charge in [-0.15, -0.1) is 0 Å². The van der Waals surface area contributed by atoms with E-state index >= 15 is 0 Å². The lowest BCUT2D eigenvalue weighted by Crippen LogP contribution is -2.42. The van der Waals surface area contributed by atoms with Crippen LogP contribution in [0.3, 0.4) is 0 Å². The van der Waals surface area contributed by atoms with Crippen molar-refractivity contribution in [3.8, 4) is 0 Å². The highest BCUT2D eigenvalue weighted by atomic mass is 16.5. The van der Waals surface area contributed by atoms with Gasteiger partial charge in [0.05, 0.1) is 11.8 Å². The lowest BCUT2D eigenvalue weighted by atomic mass is 9.85. The average molecular weight is 379 g/mol. The van der Waals surface area contributed by atoms with Gasteiger partial charge in [-0.3, -0.25) is 29.4 Å². The third-order valence-corrected chi connectivity index (χ3v) is 4.51. The van der Waals surface area contributed by atoms with Crippen LogP contribution in [0.5, 0.6) is 0 Å². The summed E-state index contributed by atoms with van der Waals surface area (Å²) in [6.07, 6.45) is 5.44. The second-order valence-corrected chi connectivity index (χ2v) is 7.07. The van der Waals surface area contributed by atoms with Crippen molar-refractivity contribution in [1.29, 1.82) is 0 Å². The summed E-state index contributed by atoms with van der Waals surface area (Å²) in [6.45, 7) is 3.24. The molecule has 9 nitrogen and oxygen atoms in total. The number of urea groups is 1. The Kier molecular flexibility index (Phi) is 7.09. The summed E-state index contributed by atoms with van der Waals surface area (Å²) < 4.78 is 4.77. The van der Waals surface area contributed by atoms with E-state index < -0.39 is 42.9 Å². The molecule has 1 saturated heterocycles. The van der Waals surface area contributed by atoms with Crippen molar-refractivity contribution in [2.75, 3.05) is 19.7 Å². The quantitative estimate of drug-likeness (QED) is 0.374. The average Bonchev–Trinajstić information content (AvgIpc) is 2.85. The van der Waals surface area contributed by atoms with Gasteiger partial charge in [0.2, 0.25) is 11.8 Å². The van der Waals surface area contributed by atoms with Crippen molar-refractivity contribution >= 4 is 29.7 Å². The largest absolute Gasteiger partial charge is 0.454 e. The van der Waals surface area contributed by atoms with E-state index in [0.717, 1.165) is 11.3 Å². The number of allylic oxidation sites excluding steroid dienone is 2. The van der Waals surface area contributed by atoms with Gasteiger partial charge in [-0.2, -0.15) is 0 Å². The molecule has 0 aromatic carbocycles. The molecule has 1 heterocycles. The zero-order valence-corrected chi connectivity index (χ0v) is 15.5. The lowest BCUT2D eigenvalue weighted by molar-refractivity contribution is -0.154. The predicted molar refractivity (Wildman–Crippen MR) is 94.0 cm³/mol. The maximum atomic E-state index is 12.2. The van der Waals surface area contributed by atoms with E-state index in [2.05, 4.69) is 5.32 Å². The molecule has 2 rings (SSSR count). The first-order valence-electron chi connectivity index (χ1n) is 9.03. The fourth-order valence-corrected chi connectivity index (χ4v) is 3.03. The van der Waals surface area contributed by atoms with Crippen LogP contribution in [0.4, 0.5) is 4.79 Å². The van der Waals surface area contributed by atoms with Gasteiger partial charge in [0.25, 0.3) is 5.91 Å². The van der Waals surface area contributed by atoms with Crippen LogP contribution in [0.1, 0.15) is 33.1 Å². The molecule has 2 N–H and O–H groups in total. The van der Waals surface area contributed by atoms with E-state index in [1.807, 2.05) is 31.3 Å². The van der Waals surface area contributed by atoms with Crippen molar-refractivity contribution in [3.05, 3.63) is 12.2 Å². The van der Waals surface area contributed by atoms with E-state index in [0.29, 0.717) is 25.3 Å². The third-order valence-electron chi connectivity index (χ3n) is 4.51. The monoisotopic (exact) mass is 379 g/mol. The SMILES string of the molecule is CC(C)CCNC(=O)NC(=O)COC(=O)CN1C(=O)[C@@H]2CC=CC[C@H]2C1=O. The topological polar surface area (TPSA) is 122 Å². The van der Waals surface area contributed by atoms with E-state index in [9.17, 15) is 24.0 Å². The molecule has 0 bridgehead atoms. The van der Waals surface area contributed by atoms with E-state index in [1.165, 1.54) is 0 Å². The molecular weight excluding hydrogens is 354 g/mol. The summed E-state index contributed by atoms with van der Waals surface area (Å²) in [4.78, 5) is 60.4. The van der Waals surface area contributed by atoms with E-state index in [1.54, 1.807) is 0 Å². The van der Waals surface area contributed by atoms with Crippen LogP contribution in [0.2, 0.25) is 0 Å². The smallest absolute Gasteiger partial charge is 0.326 e. The van der Waals surface area contributed by atoms with Gasteiger partial charge in [-0.1, -0.05) is 26.0 Å². The first-order valence-corrected chi connectivity index (χ1v) is 9.03. The van der Waals surface area contributed by atoms with Crippen LogP contribution in [-0.4, -0.2) is 54.3 Å². The van der Waals surface area contributed by atoms with Crippen molar-refractivity contribution in [2.45, 2.75) is 33.1 Å². The molecule has 0 saturated carbocycles. The van der Waals surface area contributed by atoms with Crippen molar-refractivity contribution in [1.82, 2.24) is 15.5 Å². The van der Waals surface area contributed by atoms with E-state index in [-0.39, 0.29) is 11.8 Å². The Morgan fingerprint density at radius 1 is 1.15 bits per heavy atom. The molecule has 1 fully saturated rings. The minimum absolute atomic E-state index is 0.389. The van der Waals surface area contributed by atoms with Crippen LogP contribution in [0, 0.1) is 17.8 Å². The minimum Gasteiger partial charge on any atom is -0.454 e. The number of imide groups is 2. The zero-order chi connectivity index (χ0) is 20.0. The number of nitrogens with one attached hydrogen (secondary N) is 2. The molecule has 0 unspecified atom stereocenters. The van der Waals surface area contributed by atoms with Gasteiger partial charge in [-0.05, 0) is 25.2 Å². The highest BCUT2D eigenvalue weighted by Gasteiger charge is 2.47. The number of esters is 1. The van der Waals surface area contributed by atoms with Crippen LogP contribution in [0.25, 0.3) is 0 Å². The van der Waals surface area contributed by atoms with Crippen molar-refractivity contribution in [2.24, 2.45) is 17.8 Å².